The molecule has 2 unspecified atom stereocenters. The predicted molar refractivity (Wildman–Crippen MR) is 190 cm³/mol. The number of ether oxygens (including phenoxy) is 8. The van der Waals surface area contributed by atoms with Crippen molar-refractivity contribution >= 4 is 23.9 Å². The predicted octanol–water partition coefficient (Wildman–Crippen LogP) is 5.47. The molecule has 0 spiro atoms. The van der Waals surface area contributed by atoms with Crippen LogP contribution in [0, 0.1) is 0 Å². The van der Waals surface area contributed by atoms with Crippen molar-refractivity contribution in [2.45, 2.75) is 31.7 Å². The number of aliphatic hydroxyl groups is 1. The van der Waals surface area contributed by atoms with Crippen molar-refractivity contribution in [3.8, 4) is 17.2 Å². The monoisotopic (exact) mass is 730 g/mol. The zero-order valence-corrected chi connectivity index (χ0v) is 30.1. The van der Waals surface area contributed by atoms with E-state index in [2.05, 4.69) is 0 Å². The number of benzene rings is 4. The molecule has 0 fully saturated rings. The fraction of sp³-hybridized carbons (Fsp3) is 0.300. The minimum atomic E-state index is -1.56. The van der Waals surface area contributed by atoms with Crippen molar-refractivity contribution in [2.24, 2.45) is 0 Å². The van der Waals surface area contributed by atoms with Crippen LogP contribution in [0.1, 0.15) is 60.8 Å². The van der Waals surface area contributed by atoms with E-state index >= 15 is 0 Å². The van der Waals surface area contributed by atoms with Gasteiger partial charge < -0.3 is 43.0 Å². The Morgan fingerprint density at radius 3 is 1.08 bits per heavy atom. The summed E-state index contributed by atoms with van der Waals surface area (Å²) in [7, 11) is 4.50. The second-order valence-electron chi connectivity index (χ2n) is 12.4. The maximum absolute atomic E-state index is 13.3. The van der Waals surface area contributed by atoms with Crippen LogP contribution in [-0.4, -0.2) is 87.9 Å². The molecule has 4 rings (SSSR count). The first-order chi connectivity index (χ1) is 25.4. The van der Waals surface area contributed by atoms with Crippen molar-refractivity contribution < 1.29 is 62.2 Å². The summed E-state index contributed by atoms with van der Waals surface area (Å²) in [6.45, 7) is 1.32. The molecule has 0 aromatic heterocycles. The summed E-state index contributed by atoms with van der Waals surface area (Å²) in [5, 5.41) is 9.33. The standard InChI is InChI=1S/C40H42O13/c1-39(52-37(44)30-12-18-33(47-4)19-13-30,25-50-35(42)28-8-6-27(22-41)7-9-28)23-49-24-40(2,53-38(45)31-14-20-34(48-5)21-15-31)26-51-36(43)29-10-16-32(46-3)17-11-29/h6-21,41H,22-26H2,1-5H3. The van der Waals surface area contributed by atoms with Gasteiger partial charge in [-0.2, -0.15) is 0 Å². The molecule has 0 aliphatic heterocycles. The van der Waals surface area contributed by atoms with Gasteiger partial charge in [-0.05, 0) is 104 Å². The van der Waals surface area contributed by atoms with Crippen LogP contribution in [0.3, 0.4) is 0 Å². The van der Waals surface area contributed by atoms with E-state index in [0.29, 0.717) is 22.8 Å². The van der Waals surface area contributed by atoms with Crippen LogP contribution in [-0.2, 0) is 30.3 Å². The molecule has 1 N–H and O–H groups in total. The van der Waals surface area contributed by atoms with Gasteiger partial charge in [0.15, 0.2) is 11.2 Å². The molecule has 0 radical (unpaired) electrons. The zero-order chi connectivity index (χ0) is 38.4. The maximum atomic E-state index is 13.3. The quantitative estimate of drug-likeness (QED) is 0.101. The number of esters is 4. The lowest BCUT2D eigenvalue weighted by Gasteiger charge is -2.32. The van der Waals surface area contributed by atoms with Crippen LogP contribution in [0.5, 0.6) is 17.2 Å². The SMILES string of the molecule is COc1ccc(C(=O)OCC(C)(COCC(C)(COC(=O)c2ccc(CO)cc2)OC(=O)c2ccc(OC)cc2)OC(=O)c2ccc(OC)cc2)cc1. The molecule has 2 atom stereocenters. The van der Waals surface area contributed by atoms with Crippen LogP contribution in [0.4, 0.5) is 0 Å². The topological polar surface area (TPSA) is 162 Å². The first-order valence-electron chi connectivity index (χ1n) is 16.4. The zero-order valence-electron chi connectivity index (χ0n) is 30.1. The molecule has 0 amide bonds. The van der Waals surface area contributed by atoms with Gasteiger partial charge in [0.2, 0.25) is 0 Å². The molecule has 0 bridgehead atoms. The molecule has 0 saturated carbocycles. The molecular weight excluding hydrogens is 688 g/mol. The van der Waals surface area contributed by atoms with Crippen molar-refractivity contribution in [1.82, 2.24) is 0 Å². The van der Waals surface area contributed by atoms with Gasteiger partial charge in [0, 0.05) is 0 Å². The van der Waals surface area contributed by atoms with Crippen LogP contribution < -0.4 is 14.2 Å². The van der Waals surface area contributed by atoms with Gasteiger partial charge in [-0.1, -0.05) is 12.1 Å². The third-order valence-electron chi connectivity index (χ3n) is 7.86. The van der Waals surface area contributed by atoms with E-state index in [1.54, 1.807) is 48.5 Å². The summed E-state index contributed by atoms with van der Waals surface area (Å²) in [5.74, 6) is -1.23. The van der Waals surface area contributed by atoms with Gasteiger partial charge in [-0.25, -0.2) is 19.2 Å². The molecule has 13 nitrogen and oxygen atoms in total. The van der Waals surface area contributed by atoms with E-state index in [1.165, 1.54) is 83.7 Å². The summed E-state index contributed by atoms with van der Waals surface area (Å²) in [4.78, 5) is 52.5. The van der Waals surface area contributed by atoms with E-state index in [4.69, 9.17) is 37.9 Å². The minimum absolute atomic E-state index is 0.193. The Labute approximate surface area is 307 Å². The Balaban J connectivity index is 1.52. The summed E-state index contributed by atoms with van der Waals surface area (Å²) >= 11 is 0. The van der Waals surface area contributed by atoms with Gasteiger partial charge in [0.25, 0.3) is 0 Å². The largest absolute Gasteiger partial charge is 0.497 e. The van der Waals surface area contributed by atoms with E-state index in [9.17, 15) is 24.3 Å². The molecule has 0 heterocycles. The molecule has 0 saturated heterocycles. The number of hydrogen-bond acceptors (Lipinski definition) is 13. The van der Waals surface area contributed by atoms with Gasteiger partial charge >= 0.3 is 23.9 Å². The molecule has 53 heavy (non-hydrogen) atoms. The number of methoxy groups -OCH3 is 3. The lowest BCUT2D eigenvalue weighted by Crippen LogP contribution is -2.46. The van der Waals surface area contributed by atoms with Crippen LogP contribution >= 0.6 is 0 Å². The molecular formula is C40H42O13. The summed E-state index contributed by atoms with van der Waals surface area (Å²) < 4.78 is 44.4. The highest BCUT2D eigenvalue weighted by atomic mass is 16.6. The molecule has 4 aromatic carbocycles. The van der Waals surface area contributed by atoms with Gasteiger partial charge in [0.05, 0.1) is 63.4 Å². The Hall–Kier alpha value is -5.92. The maximum Gasteiger partial charge on any atom is 0.338 e. The van der Waals surface area contributed by atoms with Crippen LogP contribution in [0.25, 0.3) is 0 Å². The van der Waals surface area contributed by atoms with Gasteiger partial charge in [0.1, 0.15) is 30.5 Å². The van der Waals surface area contributed by atoms with Crippen molar-refractivity contribution in [3.63, 3.8) is 0 Å². The highest BCUT2D eigenvalue weighted by Crippen LogP contribution is 2.23. The molecule has 13 heteroatoms. The summed E-state index contributed by atoms with van der Waals surface area (Å²) in [6.07, 6.45) is 0. The Kier molecular flexibility index (Phi) is 13.9. The number of rotatable bonds is 18. The van der Waals surface area contributed by atoms with Crippen molar-refractivity contribution in [3.05, 3.63) is 125 Å². The first-order valence-corrected chi connectivity index (χ1v) is 16.4. The summed E-state index contributed by atoms with van der Waals surface area (Å²) in [5.41, 5.74) is -1.64. The Bertz CT molecular complexity index is 1690. The fourth-order valence-corrected chi connectivity index (χ4v) is 4.78. The minimum Gasteiger partial charge on any atom is -0.497 e. The van der Waals surface area contributed by atoms with Crippen LogP contribution in [0.15, 0.2) is 97.1 Å². The average Bonchev–Trinajstić information content (AvgIpc) is 3.19. The fourth-order valence-electron chi connectivity index (χ4n) is 4.78. The van der Waals surface area contributed by atoms with E-state index < -0.39 is 48.3 Å². The number of hydrogen-bond donors (Lipinski definition) is 1. The smallest absolute Gasteiger partial charge is 0.338 e. The second kappa shape index (κ2) is 18.5. The van der Waals surface area contributed by atoms with Crippen molar-refractivity contribution in [2.75, 3.05) is 47.8 Å². The van der Waals surface area contributed by atoms with Crippen LogP contribution in [0.2, 0.25) is 0 Å². The molecule has 280 valence electrons. The summed E-state index contributed by atoms with van der Waals surface area (Å²) in [6, 6.07) is 24.9. The Morgan fingerprint density at radius 2 is 0.774 bits per heavy atom. The Morgan fingerprint density at radius 1 is 0.472 bits per heavy atom. The lowest BCUT2D eigenvalue weighted by atomic mass is 10.1. The van der Waals surface area contributed by atoms with Crippen molar-refractivity contribution in [1.29, 1.82) is 0 Å². The highest BCUT2D eigenvalue weighted by Gasteiger charge is 2.37. The number of carbonyl (C=O) groups is 4. The normalized spacial score (nSPS) is 13.0. The molecule has 0 aliphatic carbocycles. The second-order valence-corrected chi connectivity index (χ2v) is 12.4. The van der Waals surface area contributed by atoms with E-state index in [1.807, 2.05) is 0 Å². The third kappa shape index (κ3) is 11.5. The molecule has 0 aliphatic rings. The number of carbonyl (C=O) groups excluding carboxylic acids is 4. The number of aliphatic hydroxyl groups excluding tert-OH is 1. The van der Waals surface area contributed by atoms with Gasteiger partial charge in [-0.3, -0.25) is 0 Å². The lowest BCUT2D eigenvalue weighted by molar-refractivity contribution is -0.123. The van der Waals surface area contributed by atoms with E-state index in [0.717, 1.165) is 0 Å². The average molecular weight is 731 g/mol. The third-order valence-corrected chi connectivity index (χ3v) is 7.86. The molecule has 4 aromatic rings. The first kappa shape index (κ1) is 39.9. The van der Waals surface area contributed by atoms with Gasteiger partial charge in [-0.15, -0.1) is 0 Å². The highest BCUT2D eigenvalue weighted by molar-refractivity contribution is 5.91. The van der Waals surface area contributed by atoms with E-state index in [-0.39, 0.29) is 42.1 Å².